The van der Waals surface area contributed by atoms with Crippen LogP contribution in [0.15, 0.2) is 41.8 Å². The van der Waals surface area contributed by atoms with Crippen molar-refractivity contribution < 1.29 is 0 Å². The van der Waals surface area contributed by atoms with Gasteiger partial charge in [-0.3, -0.25) is 4.90 Å². The minimum absolute atomic E-state index is 0. The maximum Gasteiger partial charge on any atom is 0.0413 e. The van der Waals surface area contributed by atoms with E-state index in [0.29, 0.717) is 6.04 Å². The van der Waals surface area contributed by atoms with Gasteiger partial charge in [0.1, 0.15) is 0 Å². The maximum absolute atomic E-state index is 5.79. The third-order valence-electron chi connectivity index (χ3n) is 3.00. The number of anilines is 1. The summed E-state index contributed by atoms with van der Waals surface area (Å²) in [5.41, 5.74) is 7.88. The Balaban J connectivity index is 0.00000162. The van der Waals surface area contributed by atoms with Crippen molar-refractivity contribution in [3.63, 3.8) is 0 Å². The molecule has 0 aliphatic heterocycles. The van der Waals surface area contributed by atoms with Crippen LogP contribution >= 0.6 is 23.7 Å². The summed E-state index contributed by atoms with van der Waals surface area (Å²) >= 11 is 1.81. The fraction of sp³-hybridized carbons (Fsp3) is 0.286. The summed E-state index contributed by atoms with van der Waals surface area (Å²) in [6.45, 7) is 3.15. The molecular weight excluding hydrogens is 264 g/mol. The van der Waals surface area contributed by atoms with Crippen molar-refractivity contribution in [3.8, 4) is 0 Å². The van der Waals surface area contributed by atoms with Gasteiger partial charge in [0, 0.05) is 23.2 Å². The Morgan fingerprint density at radius 3 is 2.67 bits per heavy atom. The van der Waals surface area contributed by atoms with Gasteiger partial charge in [0.15, 0.2) is 0 Å². The second kappa shape index (κ2) is 6.78. The Bertz CT molecular complexity index is 470. The number of nitrogens with zero attached hydrogens (tertiary/aromatic N) is 1. The van der Waals surface area contributed by atoms with Crippen molar-refractivity contribution in [2.75, 3.05) is 12.8 Å². The smallest absolute Gasteiger partial charge is 0.0413 e. The molecule has 1 aromatic carbocycles. The topological polar surface area (TPSA) is 29.3 Å². The molecule has 18 heavy (non-hydrogen) atoms. The molecule has 0 saturated heterocycles. The first-order valence-corrected chi connectivity index (χ1v) is 6.63. The average Bonchev–Trinajstić information content (AvgIpc) is 2.81. The SMILES string of the molecule is CC(c1cccs1)N(C)Cc1cccc(N)c1.Cl. The number of benzene rings is 1. The summed E-state index contributed by atoms with van der Waals surface area (Å²) in [6, 6.07) is 12.8. The van der Waals surface area contributed by atoms with Crippen molar-refractivity contribution in [1.29, 1.82) is 0 Å². The molecule has 4 heteroatoms. The van der Waals surface area contributed by atoms with Crippen molar-refractivity contribution in [1.82, 2.24) is 4.90 Å². The predicted molar refractivity (Wildman–Crippen MR) is 82.3 cm³/mol. The monoisotopic (exact) mass is 282 g/mol. The molecule has 1 atom stereocenters. The van der Waals surface area contributed by atoms with Gasteiger partial charge in [-0.15, -0.1) is 23.7 Å². The minimum Gasteiger partial charge on any atom is -0.399 e. The molecular formula is C14H19ClN2S. The van der Waals surface area contributed by atoms with Crippen LogP contribution in [-0.2, 0) is 6.54 Å². The lowest BCUT2D eigenvalue weighted by Gasteiger charge is -2.23. The van der Waals surface area contributed by atoms with Gasteiger partial charge in [-0.1, -0.05) is 18.2 Å². The molecule has 0 saturated carbocycles. The number of hydrogen-bond acceptors (Lipinski definition) is 3. The number of hydrogen-bond donors (Lipinski definition) is 1. The van der Waals surface area contributed by atoms with E-state index < -0.39 is 0 Å². The summed E-state index contributed by atoms with van der Waals surface area (Å²) in [6.07, 6.45) is 0. The zero-order valence-corrected chi connectivity index (χ0v) is 12.3. The van der Waals surface area contributed by atoms with Crippen LogP contribution in [0.25, 0.3) is 0 Å². The highest BCUT2D eigenvalue weighted by Crippen LogP contribution is 2.24. The van der Waals surface area contributed by atoms with Gasteiger partial charge >= 0.3 is 0 Å². The number of nitrogen functional groups attached to an aromatic ring is 1. The lowest BCUT2D eigenvalue weighted by molar-refractivity contribution is 0.256. The third-order valence-corrected chi connectivity index (χ3v) is 4.04. The van der Waals surface area contributed by atoms with Gasteiger partial charge in [-0.2, -0.15) is 0 Å². The predicted octanol–water partition coefficient (Wildman–Crippen LogP) is 3.95. The molecule has 98 valence electrons. The Labute approximate surface area is 119 Å². The van der Waals surface area contributed by atoms with Crippen LogP contribution in [-0.4, -0.2) is 11.9 Å². The first-order valence-electron chi connectivity index (χ1n) is 5.75. The standard InChI is InChI=1S/C14H18N2S.ClH/c1-11(14-7-4-8-17-14)16(2)10-12-5-3-6-13(15)9-12;/h3-9,11H,10,15H2,1-2H3;1H. The maximum atomic E-state index is 5.79. The van der Waals surface area contributed by atoms with Crippen LogP contribution in [0.1, 0.15) is 23.4 Å². The van der Waals surface area contributed by atoms with Crippen LogP contribution in [0.3, 0.4) is 0 Å². The Morgan fingerprint density at radius 1 is 1.28 bits per heavy atom. The zero-order valence-electron chi connectivity index (χ0n) is 10.7. The van der Waals surface area contributed by atoms with Crippen LogP contribution in [0.5, 0.6) is 0 Å². The molecule has 2 N–H and O–H groups in total. The van der Waals surface area contributed by atoms with E-state index in [1.54, 1.807) is 11.3 Å². The highest BCUT2D eigenvalue weighted by atomic mass is 35.5. The molecule has 0 bridgehead atoms. The summed E-state index contributed by atoms with van der Waals surface area (Å²) in [5, 5.41) is 2.13. The lowest BCUT2D eigenvalue weighted by atomic mass is 10.1. The van der Waals surface area contributed by atoms with Gasteiger partial charge in [0.05, 0.1) is 0 Å². The summed E-state index contributed by atoms with van der Waals surface area (Å²) in [4.78, 5) is 3.73. The number of thiophene rings is 1. The largest absolute Gasteiger partial charge is 0.399 e. The lowest BCUT2D eigenvalue weighted by Crippen LogP contribution is -2.21. The van der Waals surface area contributed by atoms with Gasteiger partial charge < -0.3 is 5.73 Å². The highest BCUT2D eigenvalue weighted by molar-refractivity contribution is 7.10. The first-order chi connectivity index (χ1) is 8.16. The molecule has 2 aromatic rings. The number of nitrogens with two attached hydrogens (primary N) is 1. The summed E-state index contributed by atoms with van der Waals surface area (Å²) in [7, 11) is 2.15. The Morgan fingerprint density at radius 2 is 2.06 bits per heavy atom. The van der Waals surface area contributed by atoms with Gasteiger partial charge in [0.25, 0.3) is 0 Å². The zero-order chi connectivity index (χ0) is 12.3. The normalized spacial score (nSPS) is 12.2. The van der Waals surface area contributed by atoms with Crippen molar-refractivity contribution >= 4 is 29.4 Å². The van der Waals surface area contributed by atoms with E-state index >= 15 is 0 Å². The van der Waals surface area contributed by atoms with E-state index in [1.807, 2.05) is 18.2 Å². The first kappa shape index (κ1) is 15.0. The van der Waals surface area contributed by atoms with Crippen LogP contribution < -0.4 is 5.73 Å². The van der Waals surface area contributed by atoms with Gasteiger partial charge in [0.2, 0.25) is 0 Å². The second-order valence-corrected chi connectivity index (χ2v) is 5.33. The molecule has 0 aliphatic carbocycles. The fourth-order valence-electron chi connectivity index (χ4n) is 1.86. The molecule has 1 unspecified atom stereocenters. The molecule has 1 heterocycles. The molecule has 0 aliphatic rings. The van der Waals surface area contributed by atoms with Crippen LogP contribution in [0, 0.1) is 0 Å². The average molecular weight is 283 g/mol. The van der Waals surface area contributed by atoms with E-state index in [1.165, 1.54) is 10.4 Å². The fourth-order valence-corrected chi connectivity index (χ4v) is 2.71. The van der Waals surface area contributed by atoms with Gasteiger partial charge in [-0.05, 0) is 43.1 Å². The van der Waals surface area contributed by atoms with E-state index in [0.717, 1.165) is 12.2 Å². The number of halogens is 1. The minimum atomic E-state index is 0. The molecule has 1 aromatic heterocycles. The van der Waals surface area contributed by atoms with Crippen molar-refractivity contribution in [3.05, 3.63) is 52.2 Å². The van der Waals surface area contributed by atoms with E-state index in [4.69, 9.17) is 5.73 Å². The number of rotatable bonds is 4. The van der Waals surface area contributed by atoms with E-state index in [9.17, 15) is 0 Å². The van der Waals surface area contributed by atoms with Crippen LogP contribution in [0.2, 0.25) is 0 Å². The van der Waals surface area contributed by atoms with Gasteiger partial charge in [-0.25, -0.2) is 0 Å². The highest BCUT2D eigenvalue weighted by Gasteiger charge is 2.12. The van der Waals surface area contributed by atoms with Crippen LogP contribution in [0.4, 0.5) is 5.69 Å². The molecule has 0 amide bonds. The Kier molecular flexibility index (Phi) is 5.66. The summed E-state index contributed by atoms with van der Waals surface area (Å²) < 4.78 is 0. The third kappa shape index (κ3) is 3.73. The quantitative estimate of drug-likeness (QED) is 0.861. The molecule has 0 radical (unpaired) electrons. The molecule has 0 fully saturated rings. The second-order valence-electron chi connectivity index (χ2n) is 4.35. The van der Waals surface area contributed by atoms with E-state index in [2.05, 4.69) is 42.5 Å². The molecule has 2 nitrogen and oxygen atoms in total. The summed E-state index contributed by atoms with van der Waals surface area (Å²) in [5.74, 6) is 0. The molecule has 0 spiro atoms. The Hall–Kier alpha value is -1.03. The van der Waals surface area contributed by atoms with E-state index in [-0.39, 0.29) is 12.4 Å². The van der Waals surface area contributed by atoms with Crippen molar-refractivity contribution in [2.45, 2.75) is 19.5 Å². The van der Waals surface area contributed by atoms with Crippen molar-refractivity contribution in [2.24, 2.45) is 0 Å². The molecule has 2 rings (SSSR count).